The average Bonchev–Trinajstić information content (AvgIpc) is 3.65. The van der Waals surface area contributed by atoms with Gasteiger partial charge in [-0.25, -0.2) is 0 Å². The monoisotopic (exact) mass is 744 g/mol. The SMILES string of the molecule is c1ccc(-c2ccc(-c3ccc(N(c4ccccc4)c4ccc(-c5ccc(-n6c7ccccc7c7ccc8c(c76)Oc6ccccc6O8)cc5)cc4)cc3)cc2)cc1. The lowest BCUT2D eigenvalue weighted by Crippen LogP contribution is -2.09. The molecule has 0 N–H and O–H groups in total. The highest BCUT2D eigenvalue weighted by Gasteiger charge is 2.25. The van der Waals surface area contributed by atoms with Crippen molar-refractivity contribution in [1.82, 2.24) is 4.57 Å². The molecule has 4 nitrogen and oxygen atoms in total. The first-order chi connectivity index (χ1) is 28.7. The smallest absolute Gasteiger partial charge is 0.194 e. The molecule has 0 saturated heterocycles. The Hall–Kier alpha value is -7.82. The van der Waals surface area contributed by atoms with Gasteiger partial charge in [0, 0.05) is 33.5 Å². The number of aromatic nitrogens is 1. The highest BCUT2D eigenvalue weighted by atomic mass is 16.6. The molecule has 1 aliphatic rings. The quantitative estimate of drug-likeness (QED) is 0.163. The molecule has 1 aromatic heterocycles. The molecule has 0 amide bonds. The number of rotatable bonds is 7. The molecule has 0 aliphatic carbocycles. The normalized spacial score (nSPS) is 11.7. The summed E-state index contributed by atoms with van der Waals surface area (Å²) in [6.07, 6.45) is 0. The molecule has 58 heavy (non-hydrogen) atoms. The van der Waals surface area contributed by atoms with Crippen LogP contribution in [0.2, 0.25) is 0 Å². The molecule has 274 valence electrons. The Morgan fingerprint density at radius 2 is 0.759 bits per heavy atom. The zero-order valence-electron chi connectivity index (χ0n) is 31.5. The van der Waals surface area contributed by atoms with Gasteiger partial charge in [0.05, 0.1) is 5.52 Å². The van der Waals surface area contributed by atoms with Crippen molar-refractivity contribution in [3.8, 4) is 62.1 Å². The fourth-order valence-corrected chi connectivity index (χ4v) is 8.22. The second kappa shape index (κ2) is 14.0. The van der Waals surface area contributed by atoms with Crippen LogP contribution in [0.5, 0.6) is 23.0 Å². The van der Waals surface area contributed by atoms with Crippen LogP contribution >= 0.6 is 0 Å². The average molecular weight is 745 g/mol. The van der Waals surface area contributed by atoms with Crippen molar-refractivity contribution in [3.05, 3.63) is 218 Å². The fraction of sp³-hybridized carbons (Fsp3) is 0. The summed E-state index contributed by atoms with van der Waals surface area (Å²) in [5.41, 5.74) is 13.5. The molecule has 4 heteroatoms. The maximum absolute atomic E-state index is 6.56. The Morgan fingerprint density at radius 1 is 0.310 bits per heavy atom. The third-order valence-electron chi connectivity index (χ3n) is 11.1. The molecule has 9 aromatic carbocycles. The lowest BCUT2D eigenvalue weighted by molar-refractivity contribution is 0.362. The van der Waals surface area contributed by atoms with E-state index in [-0.39, 0.29) is 0 Å². The van der Waals surface area contributed by atoms with Crippen molar-refractivity contribution in [2.24, 2.45) is 0 Å². The Labute approximate surface area is 337 Å². The van der Waals surface area contributed by atoms with Gasteiger partial charge in [-0.3, -0.25) is 0 Å². The van der Waals surface area contributed by atoms with Crippen molar-refractivity contribution in [2.75, 3.05) is 4.90 Å². The van der Waals surface area contributed by atoms with Crippen LogP contribution in [0.4, 0.5) is 17.1 Å². The van der Waals surface area contributed by atoms with Gasteiger partial charge in [-0.15, -0.1) is 0 Å². The molecule has 0 saturated carbocycles. The van der Waals surface area contributed by atoms with E-state index in [0.29, 0.717) is 11.5 Å². The molecule has 0 spiro atoms. The minimum absolute atomic E-state index is 0.710. The van der Waals surface area contributed by atoms with E-state index in [2.05, 4.69) is 198 Å². The van der Waals surface area contributed by atoms with Crippen LogP contribution in [-0.2, 0) is 0 Å². The van der Waals surface area contributed by atoms with Crippen molar-refractivity contribution in [2.45, 2.75) is 0 Å². The van der Waals surface area contributed by atoms with Gasteiger partial charge < -0.3 is 18.9 Å². The first kappa shape index (κ1) is 33.5. The van der Waals surface area contributed by atoms with Crippen molar-refractivity contribution >= 4 is 38.9 Å². The van der Waals surface area contributed by atoms with Gasteiger partial charge in [0.2, 0.25) is 0 Å². The molecular formula is C54H36N2O2. The summed E-state index contributed by atoms with van der Waals surface area (Å²) in [5, 5.41) is 2.28. The summed E-state index contributed by atoms with van der Waals surface area (Å²) in [5.74, 6) is 2.87. The molecule has 0 bridgehead atoms. The highest BCUT2D eigenvalue weighted by Crippen LogP contribution is 2.51. The van der Waals surface area contributed by atoms with Crippen molar-refractivity contribution in [1.29, 1.82) is 0 Å². The maximum Gasteiger partial charge on any atom is 0.194 e. The Balaban J connectivity index is 0.902. The predicted molar refractivity (Wildman–Crippen MR) is 238 cm³/mol. The second-order valence-electron chi connectivity index (χ2n) is 14.5. The molecule has 0 radical (unpaired) electrons. The molecule has 2 heterocycles. The molecular weight excluding hydrogens is 709 g/mol. The van der Waals surface area contributed by atoms with Gasteiger partial charge >= 0.3 is 0 Å². The lowest BCUT2D eigenvalue weighted by Gasteiger charge is -2.26. The first-order valence-electron chi connectivity index (χ1n) is 19.6. The zero-order valence-corrected chi connectivity index (χ0v) is 31.5. The van der Waals surface area contributed by atoms with E-state index in [1.54, 1.807) is 0 Å². The molecule has 0 unspecified atom stereocenters. The third-order valence-corrected chi connectivity index (χ3v) is 11.1. The lowest BCUT2D eigenvalue weighted by atomic mass is 10.00. The van der Waals surface area contributed by atoms with E-state index in [1.165, 1.54) is 22.3 Å². The number of para-hydroxylation sites is 4. The maximum atomic E-state index is 6.56. The van der Waals surface area contributed by atoms with Crippen molar-refractivity contribution in [3.63, 3.8) is 0 Å². The molecule has 0 fully saturated rings. The predicted octanol–water partition coefficient (Wildman–Crippen LogP) is 15.2. The third kappa shape index (κ3) is 5.87. The number of hydrogen-bond donors (Lipinski definition) is 0. The van der Waals surface area contributed by atoms with Crippen LogP contribution in [-0.4, -0.2) is 4.57 Å². The number of benzene rings is 9. The van der Waals surface area contributed by atoms with Crippen LogP contribution in [0.15, 0.2) is 218 Å². The topological polar surface area (TPSA) is 26.6 Å². The van der Waals surface area contributed by atoms with Crippen LogP contribution < -0.4 is 14.4 Å². The van der Waals surface area contributed by atoms with E-state index in [9.17, 15) is 0 Å². The molecule has 0 atom stereocenters. The van der Waals surface area contributed by atoms with Crippen LogP contribution in [0.3, 0.4) is 0 Å². The first-order valence-corrected chi connectivity index (χ1v) is 19.6. The van der Waals surface area contributed by atoms with E-state index in [0.717, 1.165) is 67.2 Å². The van der Waals surface area contributed by atoms with E-state index < -0.39 is 0 Å². The van der Waals surface area contributed by atoms with Crippen LogP contribution in [0, 0.1) is 0 Å². The Morgan fingerprint density at radius 3 is 1.36 bits per heavy atom. The summed E-state index contributed by atoms with van der Waals surface area (Å²) >= 11 is 0. The van der Waals surface area contributed by atoms with Gasteiger partial charge in [-0.2, -0.15) is 0 Å². The van der Waals surface area contributed by atoms with Gasteiger partial charge in [-0.05, 0) is 112 Å². The summed E-state index contributed by atoms with van der Waals surface area (Å²) in [7, 11) is 0. The summed E-state index contributed by atoms with van der Waals surface area (Å²) in [6, 6.07) is 76.8. The van der Waals surface area contributed by atoms with Gasteiger partial charge in [-0.1, -0.05) is 140 Å². The number of nitrogens with zero attached hydrogens (tertiary/aromatic N) is 2. The Kier molecular flexibility index (Phi) is 8.11. The Bertz CT molecular complexity index is 3060. The zero-order chi connectivity index (χ0) is 38.4. The largest absolute Gasteiger partial charge is 0.449 e. The number of anilines is 3. The van der Waals surface area contributed by atoms with Crippen molar-refractivity contribution < 1.29 is 9.47 Å². The molecule has 11 rings (SSSR count). The fourth-order valence-electron chi connectivity index (χ4n) is 8.22. The molecule has 1 aliphatic heterocycles. The summed E-state index contributed by atoms with van der Waals surface area (Å²) in [4.78, 5) is 2.31. The second-order valence-corrected chi connectivity index (χ2v) is 14.5. The summed E-state index contributed by atoms with van der Waals surface area (Å²) in [6.45, 7) is 0. The van der Waals surface area contributed by atoms with Gasteiger partial charge in [0.1, 0.15) is 5.52 Å². The standard InChI is InChI=1S/C54H36N2O2/c1-3-11-37(12-4-1)38-19-21-39(22-20-38)40-23-29-44(30-24-40)55(43-13-5-2-6-14-43)45-31-25-41(26-32-45)42-27-33-46(34-28-42)56-49-16-8-7-15-47(49)48-35-36-52-54(53(48)56)58-51-18-10-9-17-50(51)57-52/h1-36H. The number of ether oxygens (including phenoxy) is 2. The summed E-state index contributed by atoms with van der Waals surface area (Å²) < 4.78 is 15.2. The van der Waals surface area contributed by atoms with E-state index in [4.69, 9.17) is 9.47 Å². The number of fused-ring (bicyclic) bond motifs is 6. The van der Waals surface area contributed by atoms with Gasteiger partial charge in [0.25, 0.3) is 0 Å². The number of hydrogen-bond acceptors (Lipinski definition) is 3. The minimum atomic E-state index is 0.710. The molecule has 10 aromatic rings. The van der Waals surface area contributed by atoms with Crippen LogP contribution in [0.25, 0.3) is 60.9 Å². The highest BCUT2D eigenvalue weighted by molar-refractivity contribution is 6.12. The van der Waals surface area contributed by atoms with E-state index in [1.807, 2.05) is 30.3 Å². The van der Waals surface area contributed by atoms with E-state index >= 15 is 0 Å². The minimum Gasteiger partial charge on any atom is -0.449 e. The van der Waals surface area contributed by atoms with Gasteiger partial charge in [0.15, 0.2) is 23.0 Å². The van der Waals surface area contributed by atoms with Crippen LogP contribution in [0.1, 0.15) is 0 Å².